The average molecular weight is 236 g/mol. The molecule has 1 aromatic carbocycles. The zero-order chi connectivity index (χ0) is 12.7. The highest BCUT2D eigenvalue weighted by Gasteiger charge is 2.04. The van der Waals surface area contributed by atoms with Crippen molar-refractivity contribution in [1.29, 1.82) is 0 Å². The molecule has 6 heteroatoms. The number of carboxylic acids is 1. The summed E-state index contributed by atoms with van der Waals surface area (Å²) < 4.78 is 4.98. The number of carboxylic acid groups (broad SMARTS) is 1. The normalized spacial score (nSPS) is 10.2. The second-order valence-corrected chi connectivity index (χ2v) is 3.14. The van der Waals surface area contributed by atoms with Crippen LogP contribution in [0.4, 0.5) is 0 Å². The van der Waals surface area contributed by atoms with Crippen molar-refractivity contribution >= 4 is 18.1 Å². The van der Waals surface area contributed by atoms with Crippen LogP contribution in [0.15, 0.2) is 29.4 Å². The van der Waals surface area contributed by atoms with Gasteiger partial charge in [-0.15, -0.1) is 0 Å². The number of nitrogens with one attached hydrogen (secondary N) is 1. The Morgan fingerprint density at radius 1 is 1.41 bits per heavy atom. The van der Waals surface area contributed by atoms with E-state index in [9.17, 15) is 9.59 Å². The largest absolute Gasteiger partial charge is 0.497 e. The highest BCUT2D eigenvalue weighted by atomic mass is 16.5. The number of carbonyl (C=O) groups is 2. The van der Waals surface area contributed by atoms with Gasteiger partial charge in [-0.05, 0) is 29.8 Å². The molecule has 1 aromatic rings. The zero-order valence-corrected chi connectivity index (χ0v) is 9.21. The molecular weight excluding hydrogens is 224 g/mol. The van der Waals surface area contributed by atoms with Gasteiger partial charge in [0, 0.05) is 0 Å². The predicted octanol–water partition coefficient (Wildman–Crippen LogP) is 0.620. The molecule has 0 saturated carbocycles. The number of hydrogen-bond donors (Lipinski definition) is 2. The minimum absolute atomic E-state index is 0.597. The van der Waals surface area contributed by atoms with Crippen LogP contribution in [0.5, 0.6) is 5.75 Å². The molecule has 1 amide bonds. The zero-order valence-electron chi connectivity index (χ0n) is 9.21. The number of hydrogen-bond acceptors (Lipinski definition) is 4. The number of rotatable bonds is 5. The molecule has 0 aliphatic carbocycles. The Morgan fingerprint density at radius 3 is 2.59 bits per heavy atom. The number of methoxy groups -OCH3 is 1. The number of amides is 1. The first-order chi connectivity index (χ1) is 8.11. The summed E-state index contributed by atoms with van der Waals surface area (Å²) >= 11 is 0. The van der Waals surface area contributed by atoms with E-state index in [2.05, 4.69) is 10.5 Å². The summed E-state index contributed by atoms with van der Waals surface area (Å²) in [4.78, 5) is 21.1. The van der Waals surface area contributed by atoms with Crippen molar-refractivity contribution in [3.8, 4) is 5.75 Å². The van der Waals surface area contributed by atoms with Crippen LogP contribution in [0, 0.1) is 0 Å². The van der Waals surface area contributed by atoms with Gasteiger partial charge in [0.2, 0.25) is 0 Å². The summed E-state index contributed by atoms with van der Waals surface area (Å²) in [5, 5.41) is 12.0. The lowest BCUT2D eigenvalue weighted by Crippen LogP contribution is -2.20. The van der Waals surface area contributed by atoms with Gasteiger partial charge < -0.3 is 9.84 Å². The van der Waals surface area contributed by atoms with Gasteiger partial charge in [0.15, 0.2) is 0 Å². The standard InChI is InChI=1S/C11H12N2O4/c1-17-9-4-2-8(3-5-9)7-12-13-10(14)6-11(15)16/h2-5,7H,6H2,1H3,(H,13,14)(H,15,16). The van der Waals surface area contributed by atoms with E-state index in [0.717, 1.165) is 11.3 Å². The smallest absolute Gasteiger partial charge is 0.312 e. The molecule has 0 saturated heterocycles. The number of benzene rings is 1. The monoisotopic (exact) mass is 236 g/mol. The van der Waals surface area contributed by atoms with E-state index in [1.165, 1.54) is 6.21 Å². The summed E-state index contributed by atoms with van der Waals surface area (Å²) in [6.07, 6.45) is 0.819. The van der Waals surface area contributed by atoms with E-state index in [4.69, 9.17) is 9.84 Å². The SMILES string of the molecule is COc1ccc(C=NNC(=O)CC(=O)O)cc1. The minimum Gasteiger partial charge on any atom is -0.497 e. The molecule has 0 spiro atoms. The van der Waals surface area contributed by atoms with E-state index >= 15 is 0 Å². The topological polar surface area (TPSA) is 88.0 Å². The summed E-state index contributed by atoms with van der Waals surface area (Å²) in [5.41, 5.74) is 2.87. The molecule has 0 atom stereocenters. The summed E-state index contributed by atoms with van der Waals surface area (Å²) in [6.45, 7) is 0. The lowest BCUT2D eigenvalue weighted by Gasteiger charge is -1.99. The first kappa shape index (κ1) is 12.7. The minimum atomic E-state index is -1.19. The van der Waals surface area contributed by atoms with Crippen LogP contribution < -0.4 is 10.2 Å². The average Bonchev–Trinajstić information content (AvgIpc) is 2.29. The fraction of sp³-hybridized carbons (Fsp3) is 0.182. The second-order valence-electron chi connectivity index (χ2n) is 3.14. The van der Waals surface area contributed by atoms with Gasteiger partial charge >= 0.3 is 5.97 Å². The van der Waals surface area contributed by atoms with Gasteiger partial charge in [-0.1, -0.05) is 0 Å². The van der Waals surface area contributed by atoms with Crippen molar-refractivity contribution in [2.75, 3.05) is 7.11 Å². The van der Waals surface area contributed by atoms with Crippen molar-refractivity contribution in [2.45, 2.75) is 6.42 Å². The summed E-state index contributed by atoms with van der Waals surface area (Å²) in [7, 11) is 1.56. The van der Waals surface area contributed by atoms with E-state index in [0.29, 0.717) is 0 Å². The van der Waals surface area contributed by atoms with E-state index in [1.54, 1.807) is 31.4 Å². The second kappa shape index (κ2) is 6.26. The van der Waals surface area contributed by atoms with Crippen LogP contribution in [-0.4, -0.2) is 30.3 Å². The Balaban J connectivity index is 2.47. The predicted molar refractivity (Wildman–Crippen MR) is 61.0 cm³/mol. The van der Waals surface area contributed by atoms with Gasteiger partial charge in [-0.2, -0.15) is 5.10 Å². The van der Waals surface area contributed by atoms with E-state index < -0.39 is 18.3 Å². The fourth-order valence-corrected chi connectivity index (χ4v) is 1.05. The van der Waals surface area contributed by atoms with Gasteiger partial charge in [0.25, 0.3) is 5.91 Å². The lowest BCUT2D eigenvalue weighted by molar-refractivity contribution is -0.140. The number of ether oxygens (including phenoxy) is 1. The highest BCUT2D eigenvalue weighted by Crippen LogP contribution is 2.09. The quantitative estimate of drug-likeness (QED) is 0.445. The van der Waals surface area contributed by atoms with Crippen LogP contribution >= 0.6 is 0 Å². The van der Waals surface area contributed by atoms with Crippen molar-refractivity contribution in [2.24, 2.45) is 5.10 Å². The summed E-state index contributed by atoms with van der Waals surface area (Å²) in [6, 6.07) is 7.01. The highest BCUT2D eigenvalue weighted by molar-refractivity contribution is 5.93. The molecule has 1 rings (SSSR count). The molecule has 6 nitrogen and oxygen atoms in total. The summed E-state index contributed by atoms with van der Waals surface area (Å²) in [5.74, 6) is -1.14. The number of carbonyl (C=O) groups excluding carboxylic acids is 1. The number of hydrazone groups is 1. The first-order valence-electron chi connectivity index (χ1n) is 4.79. The molecule has 0 fully saturated rings. The molecule has 90 valence electrons. The Hall–Kier alpha value is -2.37. The van der Waals surface area contributed by atoms with Gasteiger partial charge in [-0.25, -0.2) is 5.43 Å². The molecule has 0 aliphatic heterocycles. The first-order valence-corrected chi connectivity index (χ1v) is 4.79. The van der Waals surface area contributed by atoms with Crippen molar-refractivity contribution in [3.05, 3.63) is 29.8 Å². The molecule has 0 unspecified atom stereocenters. The molecule has 2 N–H and O–H groups in total. The van der Waals surface area contributed by atoms with Crippen LogP contribution in [0.2, 0.25) is 0 Å². The van der Waals surface area contributed by atoms with Crippen LogP contribution in [0.25, 0.3) is 0 Å². The Kier molecular flexibility index (Phi) is 4.68. The van der Waals surface area contributed by atoms with E-state index in [1.807, 2.05) is 0 Å². The maximum Gasteiger partial charge on any atom is 0.312 e. The van der Waals surface area contributed by atoms with Gasteiger partial charge in [-0.3, -0.25) is 9.59 Å². The molecular formula is C11H12N2O4. The maximum atomic E-state index is 10.9. The van der Waals surface area contributed by atoms with Crippen LogP contribution in [-0.2, 0) is 9.59 Å². The van der Waals surface area contributed by atoms with Crippen LogP contribution in [0.1, 0.15) is 12.0 Å². The van der Waals surface area contributed by atoms with Gasteiger partial charge in [0.1, 0.15) is 12.2 Å². The maximum absolute atomic E-state index is 10.9. The molecule has 0 aliphatic rings. The van der Waals surface area contributed by atoms with Crippen molar-refractivity contribution in [3.63, 3.8) is 0 Å². The van der Waals surface area contributed by atoms with E-state index in [-0.39, 0.29) is 0 Å². The molecule has 0 radical (unpaired) electrons. The van der Waals surface area contributed by atoms with Crippen molar-refractivity contribution < 1.29 is 19.4 Å². The Morgan fingerprint density at radius 2 is 2.06 bits per heavy atom. The van der Waals surface area contributed by atoms with Crippen molar-refractivity contribution in [1.82, 2.24) is 5.43 Å². The Labute approximate surface area is 97.9 Å². The molecule has 0 bridgehead atoms. The fourth-order valence-electron chi connectivity index (χ4n) is 1.05. The third-order valence-electron chi connectivity index (χ3n) is 1.83. The van der Waals surface area contributed by atoms with Gasteiger partial charge in [0.05, 0.1) is 13.3 Å². The Bertz CT molecular complexity index is 426. The lowest BCUT2D eigenvalue weighted by atomic mass is 10.2. The molecule has 0 heterocycles. The number of aliphatic carboxylic acids is 1. The van der Waals surface area contributed by atoms with Crippen LogP contribution in [0.3, 0.4) is 0 Å². The molecule has 17 heavy (non-hydrogen) atoms. The number of nitrogens with zero attached hydrogens (tertiary/aromatic N) is 1. The third-order valence-corrected chi connectivity index (χ3v) is 1.83. The molecule has 0 aromatic heterocycles. The third kappa shape index (κ3) is 4.78.